The smallest absolute Gasteiger partial charge is 0.278 e. The Balaban J connectivity index is 1.27. The van der Waals surface area contributed by atoms with Crippen molar-refractivity contribution in [1.82, 2.24) is 15.1 Å². The summed E-state index contributed by atoms with van der Waals surface area (Å²) in [4.78, 5) is 40.1. The molecule has 0 unspecified atom stereocenters. The topological polar surface area (TPSA) is 84.3 Å². The summed E-state index contributed by atoms with van der Waals surface area (Å²) in [6, 6.07) is 18.9. The van der Waals surface area contributed by atoms with Crippen molar-refractivity contribution < 1.29 is 9.59 Å². The van der Waals surface area contributed by atoms with E-state index in [4.69, 9.17) is 0 Å². The van der Waals surface area contributed by atoms with Gasteiger partial charge in [-0.25, -0.2) is 4.68 Å². The molecule has 5 rings (SSSR count). The summed E-state index contributed by atoms with van der Waals surface area (Å²) in [6.45, 7) is 2.12. The van der Waals surface area contributed by atoms with Gasteiger partial charge in [0.05, 0.1) is 12.6 Å². The van der Waals surface area contributed by atoms with Crippen LogP contribution < -0.4 is 15.8 Å². The van der Waals surface area contributed by atoms with Crippen molar-refractivity contribution in [2.24, 2.45) is 0 Å². The molecule has 2 aliphatic rings. The number of fused-ring (bicyclic) bond motifs is 2. The average molecular weight is 457 g/mol. The van der Waals surface area contributed by atoms with Crippen LogP contribution in [0.3, 0.4) is 0 Å². The van der Waals surface area contributed by atoms with Crippen LogP contribution in [0, 0.1) is 0 Å². The molecule has 0 fully saturated rings. The first-order chi connectivity index (χ1) is 16.5. The second-order valence-electron chi connectivity index (χ2n) is 9.10. The number of amides is 2. The molecule has 2 heterocycles. The number of carbonyl (C=O) groups is 2. The number of aryl methyl sites for hydroxylation is 2. The van der Waals surface area contributed by atoms with Crippen LogP contribution in [0.15, 0.2) is 65.5 Å². The van der Waals surface area contributed by atoms with Crippen molar-refractivity contribution in [2.45, 2.75) is 57.7 Å². The fourth-order valence-corrected chi connectivity index (χ4v) is 5.10. The first-order valence-corrected chi connectivity index (χ1v) is 11.9. The molecular formula is C27H28N4O3. The zero-order chi connectivity index (χ0) is 23.7. The molecule has 0 spiro atoms. The first kappa shape index (κ1) is 22.1. The van der Waals surface area contributed by atoms with Gasteiger partial charge < -0.3 is 10.2 Å². The van der Waals surface area contributed by atoms with Crippen molar-refractivity contribution in [3.8, 4) is 0 Å². The summed E-state index contributed by atoms with van der Waals surface area (Å²) < 4.78 is 1.22. The van der Waals surface area contributed by atoms with E-state index in [9.17, 15) is 14.4 Å². The summed E-state index contributed by atoms with van der Waals surface area (Å²) in [6.07, 6.45) is 3.87. The molecule has 2 aromatic carbocycles. The van der Waals surface area contributed by atoms with E-state index in [2.05, 4.69) is 22.5 Å². The molecule has 0 saturated heterocycles. The number of nitrogens with one attached hydrogen (secondary N) is 1. The summed E-state index contributed by atoms with van der Waals surface area (Å²) in [5.41, 5.74) is 4.32. The van der Waals surface area contributed by atoms with Gasteiger partial charge in [0.2, 0.25) is 5.91 Å². The number of hydrogen-bond acceptors (Lipinski definition) is 4. The van der Waals surface area contributed by atoms with E-state index in [1.807, 2.05) is 43.3 Å². The minimum atomic E-state index is -0.331. The van der Waals surface area contributed by atoms with E-state index >= 15 is 0 Å². The van der Waals surface area contributed by atoms with Gasteiger partial charge in [0.15, 0.2) is 0 Å². The Bertz CT molecular complexity index is 1300. The molecule has 7 heteroatoms. The van der Waals surface area contributed by atoms with E-state index in [0.29, 0.717) is 0 Å². The summed E-state index contributed by atoms with van der Waals surface area (Å²) >= 11 is 0. The highest BCUT2D eigenvalue weighted by molar-refractivity contribution is 6.06. The Hall–Kier alpha value is -3.74. The summed E-state index contributed by atoms with van der Waals surface area (Å²) in [5, 5.41) is 7.42. The fraction of sp³-hybridized carbons (Fsp3) is 0.333. The number of carbonyl (C=O) groups excluding carboxylic acids is 2. The van der Waals surface area contributed by atoms with E-state index < -0.39 is 0 Å². The molecule has 1 aromatic heterocycles. The predicted octanol–water partition coefficient (Wildman–Crippen LogP) is 3.42. The predicted molar refractivity (Wildman–Crippen MR) is 130 cm³/mol. The Morgan fingerprint density at radius 3 is 2.65 bits per heavy atom. The molecule has 1 N–H and O–H groups in total. The van der Waals surface area contributed by atoms with Crippen LogP contribution in [0.25, 0.3) is 0 Å². The molecule has 1 aliphatic heterocycles. The second-order valence-corrected chi connectivity index (χ2v) is 9.10. The maximum Gasteiger partial charge on any atom is 0.278 e. The lowest BCUT2D eigenvalue weighted by Crippen LogP contribution is -2.38. The highest BCUT2D eigenvalue weighted by Crippen LogP contribution is 2.33. The van der Waals surface area contributed by atoms with Crippen LogP contribution in [-0.2, 0) is 24.2 Å². The zero-order valence-corrected chi connectivity index (χ0v) is 19.2. The van der Waals surface area contributed by atoms with Crippen LogP contribution in [0.5, 0.6) is 0 Å². The molecule has 3 aromatic rings. The first-order valence-electron chi connectivity index (χ1n) is 11.9. The number of hydrogen-bond donors (Lipinski definition) is 1. The normalized spacial score (nSPS) is 18.8. The SMILES string of the molecule is C[C@H]1Cc2ccccc2N1C(=O)c1ccc(=O)n(CCC(=O)N[C@@H]2CCCc3ccccc32)n1. The molecule has 1 aliphatic carbocycles. The fourth-order valence-electron chi connectivity index (χ4n) is 5.10. The number of anilines is 1. The minimum absolute atomic E-state index is 0.00762. The third kappa shape index (κ3) is 4.25. The maximum absolute atomic E-state index is 13.3. The number of benzene rings is 2. The third-order valence-corrected chi connectivity index (χ3v) is 6.77. The quantitative estimate of drug-likeness (QED) is 0.638. The lowest BCUT2D eigenvalue weighted by atomic mass is 9.88. The number of rotatable bonds is 5. The Kier molecular flexibility index (Phi) is 6.01. The van der Waals surface area contributed by atoms with Crippen LogP contribution >= 0.6 is 0 Å². The average Bonchev–Trinajstić information content (AvgIpc) is 3.19. The van der Waals surface area contributed by atoms with E-state index in [0.717, 1.165) is 36.9 Å². The van der Waals surface area contributed by atoms with Crippen LogP contribution in [0.4, 0.5) is 5.69 Å². The van der Waals surface area contributed by atoms with Gasteiger partial charge in [0.25, 0.3) is 11.5 Å². The van der Waals surface area contributed by atoms with Gasteiger partial charge >= 0.3 is 0 Å². The monoisotopic (exact) mass is 456 g/mol. The molecule has 0 radical (unpaired) electrons. The van der Waals surface area contributed by atoms with Gasteiger partial charge in [0, 0.05) is 24.2 Å². The van der Waals surface area contributed by atoms with Crippen molar-refractivity contribution in [3.63, 3.8) is 0 Å². The molecule has 0 saturated carbocycles. The van der Waals surface area contributed by atoms with E-state index in [1.54, 1.807) is 4.90 Å². The highest BCUT2D eigenvalue weighted by atomic mass is 16.2. The number of nitrogens with zero attached hydrogens (tertiary/aromatic N) is 3. The summed E-state index contributed by atoms with van der Waals surface area (Å²) in [7, 11) is 0. The van der Waals surface area contributed by atoms with Crippen LogP contribution in [0.2, 0.25) is 0 Å². The van der Waals surface area contributed by atoms with Crippen molar-refractivity contribution in [3.05, 3.63) is 93.4 Å². The number of aromatic nitrogens is 2. The molecule has 174 valence electrons. The lowest BCUT2D eigenvalue weighted by Gasteiger charge is -2.26. The van der Waals surface area contributed by atoms with Gasteiger partial charge in [0.1, 0.15) is 5.69 Å². The largest absolute Gasteiger partial charge is 0.349 e. The van der Waals surface area contributed by atoms with Crippen LogP contribution in [-0.4, -0.2) is 27.6 Å². The molecule has 34 heavy (non-hydrogen) atoms. The zero-order valence-electron chi connectivity index (χ0n) is 19.2. The van der Waals surface area contributed by atoms with Gasteiger partial charge in [-0.2, -0.15) is 5.10 Å². The summed E-state index contributed by atoms with van der Waals surface area (Å²) in [5.74, 6) is -0.372. The van der Waals surface area contributed by atoms with E-state index in [1.165, 1.54) is 27.9 Å². The minimum Gasteiger partial charge on any atom is -0.349 e. The van der Waals surface area contributed by atoms with Gasteiger partial charge in [-0.3, -0.25) is 14.4 Å². The van der Waals surface area contributed by atoms with Crippen LogP contribution in [0.1, 0.15) is 59.4 Å². The number of para-hydroxylation sites is 1. The molecule has 2 atom stereocenters. The molecular weight excluding hydrogens is 428 g/mol. The molecule has 2 amide bonds. The van der Waals surface area contributed by atoms with Gasteiger partial charge in [-0.05, 0) is 61.4 Å². The Morgan fingerprint density at radius 1 is 1.03 bits per heavy atom. The highest BCUT2D eigenvalue weighted by Gasteiger charge is 2.32. The van der Waals surface area contributed by atoms with Crippen molar-refractivity contribution in [2.75, 3.05) is 4.90 Å². The van der Waals surface area contributed by atoms with Gasteiger partial charge in [-0.15, -0.1) is 0 Å². The van der Waals surface area contributed by atoms with Crippen molar-refractivity contribution >= 4 is 17.5 Å². The van der Waals surface area contributed by atoms with Gasteiger partial charge in [-0.1, -0.05) is 42.5 Å². The lowest BCUT2D eigenvalue weighted by molar-refractivity contribution is -0.122. The maximum atomic E-state index is 13.3. The standard InChI is InChI=1S/C27H28N4O3/c1-18-17-20-8-3-5-12-24(20)31(18)27(34)23-13-14-26(33)30(29-23)16-15-25(32)28-22-11-6-9-19-7-2-4-10-21(19)22/h2-5,7-8,10,12-14,18,22H,6,9,11,15-17H2,1H3,(H,28,32)/t18-,22+/m0/s1. The van der Waals surface area contributed by atoms with E-state index in [-0.39, 0.29) is 48.1 Å². The Morgan fingerprint density at radius 2 is 1.79 bits per heavy atom. The molecule has 0 bridgehead atoms. The Labute approximate surface area is 198 Å². The third-order valence-electron chi connectivity index (χ3n) is 6.77. The van der Waals surface area contributed by atoms with Crippen molar-refractivity contribution in [1.29, 1.82) is 0 Å². The molecule has 7 nitrogen and oxygen atoms in total. The second kappa shape index (κ2) is 9.25.